The summed E-state index contributed by atoms with van der Waals surface area (Å²) in [6.07, 6.45) is 0.564. The van der Waals surface area contributed by atoms with Crippen LogP contribution in [0.3, 0.4) is 0 Å². The minimum absolute atomic E-state index is 0.101. The largest absolute Gasteiger partial charge is 0.488 e. The van der Waals surface area contributed by atoms with Crippen LogP contribution in [0.2, 0.25) is 0 Å². The van der Waals surface area contributed by atoms with Crippen molar-refractivity contribution in [1.29, 1.82) is 0 Å². The third kappa shape index (κ3) is 4.53. The fraction of sp³-hybridized carbons (Fsp3) is 0.286. The highest BCUT2D eigenvalue weighted by Gasteiger charge is 2.28. The molecule has 150 valence electrons. The Kier molecular flexibility index (Phi) is 5.41. The summed E-state index contributed by atoms with van der Waals surface area (Å²) in [7, 11) is 0. The van der Waals surface area contributed by atoms with Crippen molar-refractivity contribution in [3.05, 3.63) is 60.2 Å². The zero-order valence-corrected chi connectivity index (χ0v) is 15.9. The van der Waals surface area contributed by atoms with Gasteiger partial charge in [0, 0.05) is 13.0 Å². The lowest BCUT2D eigenvalue weighted by Gasteiger charge is -2.18. The standard InChI is InChI=1S/C21H20FN3O4/c1-14-23-21(29-24-14)18-4-2-3-5-19(18)28-17-10-11-25(12-17)20(26)13-27-16-8-6-15(22)7-9-16/h2-9,17H,10-13H2,1H3. The maximum atomic E-state index is 12.9. The van der Waals surface area contributed by atoms with E-state index >= 15 is 0 Å². The van der Waals surface area contributed by atoms with Gasteiger partial charge in [-0.15, -0.1) is 0 Å². The normalized spacial score (nSPS) is 16.1. The van der Waals surface area contributed by atoms with Gasteiger partial charge in [-0.1, -0.05) is 17.3 Å². The van der Waals surface area contributed by atoms with Gasteiger partial charge in [-0.2, -0.15) is 4.98 Å². The first-order valence-corrected chi connectivity index (χ1v) is 9.31. The Hall–Kier alpha value is -3.42. The Labute approximate surface area is 167 Å². The molecule has 2 heterocycles. The third-order valence-electron chi connectivity index (χ3n) is 4.61. The molecule has 1 amide bonds. The van der Waals surface area contributed by atoms with Gasteiger partial charge in [-0.25, -0.2) is 4.39 Å². The quantitative estimate of drug-likeness (QED) is 0.636. The van der Waals surface area contributed by atoms with Crippen LogP contribution in [-0.4, -0.2) is 46.7 Å². The van der Waals surface area contributed by atoms with Crippen molar-refractivity contribution in [2.24, 2.45) is 0 Å². The van der Waals surface area contributed by atoms with E-state index in [4.69, 9.17) is 14.0 Å². The molecular formula is C21H20FN3O4. The number of likely N-dealkylation sites (tertiary alicyclic amines) is 1. The molecular weight excluding hydrogens is 377 g/mol. The maximum absolute atomic E-state index is 12.9. The van der Waals surface area contributed by atoms with Crippen LogP contribution >= 0.6 is 0 Å². The molecule has 0 spiro atoms. The van der Waals surface area contributed by atoms with Gasteiger partial charge in [-0.05, 0) is 43.3 Å². The van der Waals surface area contributed by atoms with Crippen LogP contribution in [0.5, 0.6) is 11.5 Å². The van der Waals surface area contributed by atoms with Crippen molar-refractivity contribution in [1.82, 2.24) is 15.0 Å². The number of benzene rings is 2. The minimum atomic E-state index is -0.348. The van der Waals surface area contributed by atoms with Crippen LogP contribution in [-0.2, 0) is 4.79 Å². The van der Waals surface area contributed by atoms with E-state index in [0.717, 1.165) is 5.56 Å². The smallest absolute Gasteiger partial charge is 0.261 e. The van der Waals surface area contributed by atoms with Gasteiger partial charge in [0.15, 0.2) is 12.4 Å². The molecule has 2 aromatic carbocycles. The average Bonchev–Trinajstić information content (AvgIpc) is 3.37. The molecule has 1 saturated heterocycles. The molecule has 1 fully saturated rings. The summed E-state index contributed by atoms with van der Waals surface area (Å²) >= 11 is 0. The summed E-state index contributed by atoms with van der Waals surface area (Å²) < 4.78 is 29.7. The maximum Gasteiger partial charge on any atom is 0.261 e. The fourth-order valence-corrected chi connectivity index (χ4v) is 3.15. The second kappa shape index (κ2) is 8.30. The number of hydrogen-bond acceptors (Lipinski definition) is 6. The zero-order chi connectivity index (χ0) is 20.2. The highest BCUT2D eigenvalue weighted by molar-refractivity contribution is 5.78. The molecule has 0 radical (unpaired) electrons. The van der Waals surface area contributed by atoms with Crippen LogP contribution in [0.25, 0.3) is 11.5 Å². The van der Waals surface area contributed by atoms with Crippen molar-refractivity contribution in [2.75, 3.05) is 19.7 Å². The first-order chi connectivity index (χ1) is 14.1. The molecule has 29 heavy (non-hydrogen) atoms. The highest BCUT2D eigenvalue weighted by Crippen LogP contribution is 2.30. The van der Waals surface area contributed by atoms with Crippen LogP contribution in [0.4, 0.5) is 4.39 Å². The number of rotatable bonds is 6. The Bertz CT molecular complexity index is 990. The van der Waals surface area contributed by atoms with E-state index < -0.39 is 0 Å². The Morgan fingerprint density at radius 2 is 2.03 bits per heavy atom. The molecule has 1 aliphatic heterocycles. The van der Waals surface area contributed by atoms with Crippen LogP contribution in [0.15, 0.2) is 53.1 Å². The summed E-state index contributed by atoms with van der Waals surface area (Å²) in [5.74, 6) is 1.55. The number of para-hydroxylation sites is 1. The van der Waals surface area contributed by atoms with Crippen molar-refractivity contribution >= 4 is 5.91 Å². The lowest BCUT2D eigenvalue weighted by Crippen LogP contribution is -2.34. The predicted molar refractivity (Wildman–Crippen MR) is 102 cm³/mol. The lowest BCUT2D eigenvalue weighted by atomic mass is 10.2. The van der Waals surface area contributed by atoms with Crippen molar-refractivity contribution < 1.29 is 23.2 Å². The number of nitrogens with zero attached hydrogens (tertiary/aromatic N) is 3. The SMILES string of the molecule is Cc1noc(-c2ccccc2OC2CCN(C(=O)COc3ccc(F)cc3)C2)n1. The minimum Gasteiger partial charge on any atom is -0.488 e. The molecule has 8 heteroatoms. The van der Waals surface area contributed by atoms with Gasteiger partial charge in [-0.3, -0.25) is 4.79 Å². The van der Waals surface area contributed by atoms with E-state index in [-0.39, 0.29) is 24.4 Å². The van der Waals surface area contributed by atoms with Crippen LogP contribution < -0.4 is 9.47 Å². The molecule has 4 rings (SSSR count). The van der Waals surface area contributed by atoms with Gasteiger partial charge in [0.05, 0.1) is 12.1 Å². The summed E-state index contributed by atoms with van der Waals surface area (Å²) in [5, 5.41) is 3.82. The van der Waals surface area contributed by atoms with Gasteiger partial charge < -0.3 is 18.9 Å². The molecule has 1 unspecified atom stereocenters. The zero-order valence-electron chi connectivity index (χ0n) is 15.9. The van der Waals surface area contributed by atoms with E-state index in [0.29, 0.717) is 42.7 Å². The summed E-state index contributed by atoms with van der Waals surface area (Å²) in [4.78, 5) is 18.4. The molecule has 7 nitrogen and oxygen atoms in total. The summed E-state index contributed by atoms with van der Waals surface area (Å²) in [5.41, 5.74) is 0.720. The Balaban J connectivity index is 1.34. The monoisotopic (exact) mass is 397 g/mol. The second-order valence-electron chi connectivity index (χ2n) is 6.75. The topological polar surface area (TPSA) is 77.7 Å². The molecule has 1 aromatic heterocycles. The molecule has 1 atom stereocenters. The number of amides is 1. The number of aromatic nitrogens is 2. The molecule has 1 aliphatic rings. The second-order valence-corrected chi connectivity index (χ2v) is 6.75. The van der Waals surface area contributed by atoms with Gasteiger partial charge in [0.25, 0.3) is 11.8 Å². The van der Waals surface area contributed by atoms with Crippen molar-refractivity contribution in [3.63, 3.8) is 0 Å². The molecule has 0 saturated carbocycles. The van der Waals surface area contributed by atoms with Gasteiger partial charge in [0.1, 0.15) is 23.4 Å². The average molecular weight is 397 g/mol. The van der Waals surface area contributed by atoms with E-state index in [1.807, 2.05) is 24.3 Å². The van der Waals surface area contributed by atoms with Crippen LogP contribution in [0.1, 0.15) is 12.2 Å². The highest BCUT2D eigenvalue weighted by atomic mass is 19.1. The number of carbonyl (C=O) groups excluding carboxylic acids is 1. The number of ether oxygens (including phenoxy) is 2. The fourth-order valence-electron chi connectivity index (χ4n) is 3.15. The molecule has 0 N–H and O–H groups in total. The van der Waals surface area contributed by atoms with E-state index in [9.17, 15) is 9.18 Å². The third-order valence-corrected chi connectivity index (χ3v) is 4.61. The lowest BCUT2D eigenvalue weighted by molar-refractivity contribution is -0.132. The van der Waals surface area contributed by atoms with Gasteiger partial charge in [0.2, 0.25) is 0 Å². The number of aryl methyl sites for hydroxylation is 1. The van der Waals surface area contributed by atoms with E-state index in [2.05, 4.69) is 10.1 Å². The van der Waals surface area contributed by atoms with E-state index in [1.54, 1.807) is 11.8 Å². The van der Waals surface area contributed by atoms with Gasteiger partial charge >= 0.3 is 0 Å². The number of hydrogen-bond donors (Lipinski definition) is 0. The first kappa shape index (κ1) is 18.9. The predicted octanol–water partition coefficient (Wildman–Crippen LogP) is 3.24. The van der Waals surface area contributed by atoms with Crippen molar-refractivity contribution in [2.45, 2.75) is 19.4 Å². The number of halogens is 1. The molecule has 0 aliphatic carbocycles. The summed E-state index contributed by atoms with van der Waals surface area (Å²) in [6, 6.07) is 13.0. The van der Waals surface area contributed by atoms with Crippen molar-refractivity contribution in [3.8, 4) is 23.0 Å². The molecule has 3 aromatic rings. The Morgan fingerprint density at radius 3 is 2.79 bits per heavy atom. The summed E-state index contributed by atoms with van der Waals surface area (Å²) in [6.45, 7) is 2.70. The molecule has 0 bridgehead atoms. The first-order valence-electron chi connectivity index (χ1n) is 9.31. The number of carbonyl (C=O) groups is 1. The Morgan fingerprint density at radius 1 is 1.24 bits per heavy atom. The van der Waals surface area contributed by atoms with Crippen LogP contribution in [0, 0.1) is 12.7 Å². The van der Waals surface area contributed by atoms with E-state index in [1.165, 1.54) is 24.3 Å².